The molecule has 0 aromatic rings. The molecule has 0 bridgehead atoms. The largest absolute Gasteiger partial charge is 0.379 e. The van der Waals surface area contributed by atoms with E-state index in [2.05, 4.69) is 11.9 Å². The number of carbonyl (C=O) groups is 1. The average Bonchev–Trinajstić information content (AvgIpc) is 1.88. The summed E-state index contributed by atoms with van der Waals surface area (Å²) in [6, 6.07) is 0. The highest BCUT2D eigenvalue weighted by Gasteiger charge is 1.94. The maximum Gasteiger partial charge on any atom is 0.174 e. The van der Waals surface area contributed by atoms with Crippen molar-refractivity contribution in [3.05, 3.63) is 24.4 Å². The first-order valence-corrected chi connectivity index (χ1v) is 3.23. The third kappa shape index (κ3) is 3.89. The Morgan fingerprint density at radius 2 is 2.30 bits per heavy atom. The number of Topliss-reactive ketones (excluding diaryl/α,β-unsaturated/α-hetero) is 1. The third-order valence-electron chi connectivity index (χ3n) is 1.09. The molecule has 0 amide bonds. The molecule has 0 aromatic heterocycles. The summed E-state index contributed by atoms with van der Waals surface area (Å²) in [7, 11) is 0. The van der Waals surface area contributed by atoms with Crippen LogP contribution in [0.1, 0.15) is 13.8 Å². The van der Waals surface area contributed by atoms with Crippen molar-refractivity contribution in [2.45, 2.75) is 13.8 Å². The Morgan fingerprint density at radius 3 is 2.70 bits per heavy atom. The van der Waals surface area contributed by atoms with Crippen molar-refractivity contribution < 1.29 is 4.79 Å². The number of carbonyl (C=O) groups excluding carboxylic acids is 1. The van der Waals surface area contributed by atoms with Crippen LogP contribution in [-0.4, -0.2) is 12.3 Å². The highest BCUT2D eigenvalue weighted by atomic mass is 16.1. The summed E-state index contributed by atoms with van der Waals surface area (Å²) in [5.74, 6) is -0.00972. The number of ketones is 1. The number of nitrogens with one attached hydrogen (secondary N) is 1. The molecule has 2 heteroatoms. The van der Waals surface area contributed by atoms with Gasteiger partial charge < -0.3 is 5.32 Å². The zero-order valence-corrected chi connectivity index (χ0v) is 6.48. The van der Waals surface area contributed by atoms with Gasteiger partial charge in [-0.3, -0.25) is 4.79 Å². The maximum absolute atomic E-state index is 10.6. The standard InChI is InChI=1S/C8H13NO/c1-4-5-6-9-7(2)8(3)10/h4-5,9H,2,6H2,1,3H3/b5-4+. The Bertz CT molecular complexity index is 159. The lowest BCUT2D eigenvalue weighted by molar-refractivity contribution is -0.113. The van der Waals surface area contributed by atoms with Crippen molar-refractivity contribution in [2.75, 3.05) is 6.54 Å². The van der Waals surface area contributed by atoms with E-state index in [1.54, 1.807) is 0 Å². The molecule has 0 aliphatic carbocycles. The summed E-state index contributed by atoms with van der Waals surface area (Å²) in [4.78, 5) is 10.6. The molecular formula is C8H13NO. The fourth-order valence-corrected chi connectivity index (χ4v) is 0.424. The van der Waals surface area contributed by atoms with Crippen molar-refractivity contribution in [3.63, 3.8) is 0 Å². The van der Waals surface area contributed by atoms with Gasteiger partial charge in [0.2, 0.25) is 0 Å². The Hall–Kier alpha value is -1.05. The number of hydrogen-bond donors (Lipinski definition) is 1. The van der Waals surface area contributed by atoms with E-state index in [4.69, 9.17) is 0 Å². The molecule has 0 spiro atoms. The summed E-state index contributed by atoms with van der Waals surface area (Å²) < 4.78 is 0. The van der Waals surface area contributed by atoms with Crippen molar-refractivity contribution in [3.8, 4) is 0 Å². The molecule has 0 heterocycles. The average molecular weight is 139 g/mol. The van der Waals surface area contributed by atoms with Gasteiger partial charge in [0.25, 0.3) is 0 Å². The van der Waals surface area contributed by atoms with Gasteiger partial charge in [0, 0.05) is 13.5 Å². The lowest BCUT2D eigenvalue weighted by Gasteiger charge is -2.00. The zero-order chi connectivity index (χ0) is 7.98. The summed E-state index contributed by atoms with van der Waals surface area (Å²) in [6.45, 7) is 7.63. The monoisotopic (exact) mass is 139 g/mol. The maximum atomic E-state index is 10.6. The van der Waals surface area contributed by atoms with E-state index in [9.17, 15) is 4.79 Å². The van der Waals surface area contributed by atoms with Crippen LogP contribution in [0.3, 0.4) is 0 Å². The van der Waals surface area contributed by atoms with Gasteiger partial charge in [0.1, 0.15) is 0 Å². The molecule has 0 fully saturated rings. The zero-order valence-electron chi connectivity index (χ0n) is 6.48. The van der Waals surface area contributed by atoms with Crippen LogP contribution in [0.25, 0.3) is 0 Å². The summed E-state index contributed by atoms with van der Waals surface area (Å²) in [5.41, 5.74) is 0.470. The van der Waals surface area contributed by atoms with E-state index in [1.807, 2.05) is 19.1 Å². The second-order valence-corrected chi connectivity index (χ2v) is 1.98. The van der Waals surface area contributed by atoms with Gasteiger partial charge in [-0.15, -0.1) is 0 Å². The third-order valence-corrected chi connectivity index (χ3v) is 1.09. The smallest absolute Gasteiger partial charge is 0.174 e. The quantitative estimate of drug-likeness (QED) is 0.469. The van der Waals surface area contributed by atoms with E-state index in [0.29, 0.717) is 12.2 Å². The Balaban J connectivity index is 3.50. The van der Waals surface area contributed by atoms with Crippen LogP contribution in [0.2, 0.25) is 0 Å². The summed E-state index contributed by atoms with van der Waals surface area (Å²) in [6.07, 6.45) is 3.84. The minimum Gasteiger partial charge on any atom is -0.379 e. The first kappa shape index (κ1) is 8.95. The topological polar surface area (TPSA) is 29.1 Å². The van der Waals surface area contributed by atoms with Gasteiger partial charge in [-0.25, -0.2) is 0 Å². The van der Waals surface area contributed by atoms with Crippen LogP contribution < -0.4 is 5.32 Å². The highest BCUT2D eigenvalue weighted by Crippen LogP contribution is 1.83. The minimum atomic E-state index is -0.00972. The molecule has 0 radical (unpaired) electrons. The van der Waals surface area contributed by atoms with Crippen molar-refractivity contribution in [1.82, 2.24) is 5.32 Å². The second-order valence-electron chi connectivity index (χ2n) is 1.98. The molecule has 0 aromatic carbocycles. The van der Waals surface area contributed by atoms with Crippen LogP contribution in [0, 0.1) is 0 Å². The van der Waals surface area contributed by atoms with Gasteiger partial charge in [0.05, 0.1) is 5.70 Å². The van der Waals surface area contributed by atoms with Gasteiger partial charge in [-0.1, -0.05) is 18.7 Å². The molecule has 2 nitrogen and oxygen atoms in total. The van der Waals surface area contributed by atoms with Crippen molar-refractivity contribution >= 4 is 5.78 Å². The molecular weight excluding hydrogens is 126 g/mol. The number of rotatable bonds is 4. The van der Waals surface area contributed by atoms with E-state index in [-0.39, 0.29) is 5.78 Å². The Labute approximate surface area is 61.6 Å². The van der Waals surface area contributed by atoms with Crippen LogP contribution in [-0.2, 0) is 4.79 Å². The minimum absolute atomic E-state index is 0.00972. The fraction of sp³-hybridized carbons (Fsp3) is 0.375. The predicted octanol–water partition coefficient (Wildman–Crippen LogP) is 1.25. The van der Waals surface area contributed by atoms with E-state index >= 15 is 0 Å². The molecule has 0 aliphatic rings. The summed E-state index contributed by atoms with van der Waals surface area (Å²) in [5, 5.41) is 2.85. The van der Waals surface area contributed by atoms with E-state index < -0.39 is 0 Å². The van der Waals surface area contributed by atoms with Gasteiger partial charge in [0.15, 0.2) is 5.78 Å². The van der Waals surface area contributed by atoms with E-state index in [1.165, 1.54) is 6.92 Å². The molecule has 10 heavy (non-hydrogen) atoms. The van der Waals surface area contributed by atoms with Crippen LogP contribution in [0.4, 0.5) is 0 Å². The normalized spacial score (nSPS) is 9.80. The van der Waals surface area contributed by atoms with Crippen LogP contribution in [0.5, 0.6) is 0 Å². The number of allylic oxidation sites excluding steroid dienone is 2. The molecule has 0 atom stereocenters. The lowest BCUT2D eigenvalue weighted by atomic mass is 10.3. The second kappa shape index (κ2) is 4.79. The summed E-state index contributed by atoms with van der Waals surface area (Å²) >= 11 is 0. The highest BCUT2D eigenvalue weighted by molar-refractivity contribution is 5.91. The molecule has 0 unspecified atom stereocenters. The SMILES string of the molecule is C=C(NC/C=C/C)C(C)=O. The van der Waals surface area contributed by atoms with E-state index in [0.717, 1.165) is 0 Å². The molecule has 0 aliphatic heterocycles. The van der Waals surface area contributed by atoms with Crippen LogP contribution in [0.15, 0.2) is 24.4 Å². The van der Waals surface area contributed by atoms with Gasteiger partial charge in [-0.05, 0) is 6.92 Å². The Morgan fingerprint density at radius 1 is 1.70 bits per heavy atom. The predicted molar refractivity (Wildman–Crippen MR) is 42.6 cm³/mol. The Kier molecular flexibility index (Phi) is 4.29. The molecule has 56 valence electrons. The lowest BCUT2D eigenvalue weighted by Crippen LogP contribution is -2.17. The first-order valence-electron chi connectivity index (χ1n) is 3.23. The van der Waals surface area contributed by atoms with Gasteiger partial charge in [-0.2, -0.15) is 0 Å². The number of hydrogen-bond acceptors (Lipinski definition) is 2. The molecule has 0 saturated carbocycles. The van der Waals surface area contributed by atoms with Gasteiger partial charge >= 0.3 is 0 Å². The van der Waals surface area contributed by atoms with Crippen molar-refractivity contribution in [2.24, 2.45) is 0 Å². The molecule has 0 rings (SSSR count). The molecule has 0 saturated heterocycles. The molecule has 1 N–H and O–H groups in total. The van der Waals surface area contributed by atoms with Crippen molar-refractivity contribution in [1.29, 1.82) is 0 Å². The van der Waals surface area contributed by atoms with Crippen LogP contribution >= 0.6 is 0 Å². The first-order chi connectivity index (χ1) is 4.68. The fourth-order valence-electron chi connectivity index (χ4n) is 0.424.